The van der Waals surface area contributed by atoms with Crippen LogP contribution < -0.4 is 20.1 Å². The van der Waals surface area contributed by atoms with Crippen molar-refractivity contribution in [1.29, 1.82) is 0 Å². The summed E-state index contributed by atoms with van der Waals surface area (Å²) in [7, 11) is 3.13. The topological polar surface area (TPSA) is 136 Å². The second-order valence-corrected chi connectivity index (χ2v) is 9.24. The fourth-order valence-corrected chi connectivity index (χ4v) is 4.73. The number of aromatic amines is 1. The molecule has 11 nitrogen and oxygen atoms in total. The molecule has 1 fully saturated rings. The van der Waals surface area contributed by atoms with Crippen molar-refractivity contribution in [2.24, 2.45) is 0 Å². The van der Waals surface area contributed by atoms with Crippen molar-refractivity contribution >= 4 is 39.7 Å². The molecule has 1 saturated heterocycles. The van der Waals surface area contributed by atoms with Crippen molar-refractivity contribution in [3.63, 3.8) is 0 Å². The van der Waals surface area contributed by atoms with E-state index in [0.717, 1.165) is 34.9 Å². The van der Waals surface area contributed by atoms with Gasteiger partial charge in [0.05, 0.1) is 31.4 Å². The van der Waals surface area contributed by atoms with Crippen LogP contribution in [0.1, 0.15) is 29.1 Å². The number of oxazole rings is 1. The number of methoxy groups -OCH3 is 1. The van der Waals surface area contributed by atoms with E-state index in [1.807, 2.05) is 31.3 Å². The number of nitrogens with one attached hydrogen (secondary N) is 3. The zero-order valence-corrected chi connectivity index (χ0v) is 21.8. The number of hydrogen-bond acceptors (Lipinski definition) is 9. The summed E-state index contributed by atoms with van der Waals surface area (Å²) < 4.78 is 23.3. The van der Waals surface area contributed by atoms with Crippen molar-refractivity contribution in [3.8, 4) is 22.8 Å². The molecule has 0 unspecified atom stereocenters. The number of aromatic nitrogens is 4. The maximum atomic E-state index is 12.1. The molecule has 4 heterocycles. The van der Waals surface area contributed by atoms with Crippen LogP contribution in [-0.2, 0) is 4.74 Å². The molecular formula is C28H28N6O5. The second-order valence-electron chi connectivity index (χ2n) is 9.24. The SMILES string of the molecule is CNC(=O)c1ccc(Nc2nc(OC3CCOCC3)c3c(-c4ccc5nc(C)oc5c4)c[nH]c3n2)c(OC)c1. The Hall–Kier alpha value is -4.64. The van der Waals surface area contributed by atoms with E-state index in [1.54, 1.807) is 32.4 Å². The number of rotatable bonds is 7. The number of nitrogens with zero attached hydrogens (tertiary/aromatic N) is 3. The molecule has 0 saturated carbocycles. The summed E-state index contributed by atoms with van der Waals surface area (Å²) in [6, 6.07) is 11.0. The Morgan fingerprint density at radius 2 is 1.95 bits per heavy atom. The molecular weight excluding hydrogens is 500 g/mol. The van der Waals surface area contributed by atoms with E-state index in [0.29, 0.717) is 59.2 Å². The molecule has 3 N–H and O–H groups in total. The number of amides is 1. The minimum Gasteiger partial charge on any atom is -0.495 e. The molecule has 0 aliphatic carbocycles. The molecule has 0 atom stereocenters. The predicted octanol–water partition coefficient (Wildman–Crippen LogP) is 4.74. The first-order valence-electron chi connectivity index (χ1n) is 12.7. The molecule has 3 aromatic heterocycles. The summed E-state index contributed by atoms with van der Waals surface area (Å²) in [5, 5.41) is 6.61. The highest BCUT2D eigenvalue weighted by molar-refractivity contribution is 5.99. The molecule has 200 valence electrons. The summed E-state index contributed by atoms with van der Waals surface area (Å²) in [4.78, 5) is 29.3. The number of hydrogen-bond donors (Lipinski definition) is 3. The monoisotopic (exact) mass is 528 g/mol. The summed E-state index contributed by atoms with van der Waals surface area (Å²) in [5.74, 6) is 1.67. The van der Waals surface area contributed by atoms with Crippen LogP contribution in [0.3, 0.4) is 0 Å². The Morgan fingerprint density at radius 1 is 1.10 bits per heavy atom. The first-order valence-corrected chi connectivity index (χ1v) is 12.7. The summed E-state index contributed by atoms with van der Waals surface area (Å²) >= 11 is 0. The molecule has 0 radical (unpaired) electrons. The number of benzene rings is 2. The number of ether oxygens (including phenoxy) is 3. The van der Waals surface area contributed by atoms with Crippen molar-refractivity contribution in [1.82, 2.24) is 25.3 Å². The minimum atomic E-state index is -0.206. The number of fused-ring (bicyclic) bond motifs is 2. The van der Waals surface area contributed by atoms with Gasteiger partial charge < -0.3 is 34.2 Å². The molecule has 1 amide bonds. The van der Waals surface area contributed by atoms with Crippen LogP contribution in [-0.4, -0.2) is 59.3 Å². The highest BCUT2D eigenvalue weighted by Gasteiger charge is 2.22. The van der Waals surface area contributed by atoms with Gasteiger partial charge in [0.1, 0.15) is 23.0 Å². The van der Waals surface area contributed by atoms with Gasteiger partial charge in [-0.1, -0.05) is 6.07 Å². The highest BCUT2D eigenvalue weighted by atomic mass is 16.5. The third-order valence-corrected chi connectivity index (χ3v) is 6.69. The van der Waals surface area contributed by atoms with Crippen molar-refractivity contribution in [3.05, 3.63) is 54.0 Å². The van der Waals surface area contributed by atoms with Crippen molar-refractivity contribution < 1.29 is 23.4 Å². The van der Waals surface area contributed by atoms with Gasteiger partial charge in [0.15, 0.2) is 11.5 Å². The Morgan fingerprint density at radius 3 is 2.74 bits per heavy atom. The molecule has 39 heavy (non-hydrogen) atoms. The number of anilines is 2. The summed E-state index contributed by atoms with van der Waals surface area (Å²) in [6.07, 6.45) is 3.40. The maximum absolute atomic E-state index is 12.1. The predicted molar refractivity (Wildman–Crippen MR) is 146 cm³/mol. The van der Waals surface area contributed by atoms with Crippen LogP contribution in [0.2, 0.25) is 0 Å². The maximum Gasteiger partial charge on any atom is 0.251 e. The van der Waals surface area contributed by atoms with Crippen molar-refractivity contribution in [2.45, 2.75) is 25.9 Å². The van der Waals surface area contributed by atoms with E-state index in [2.05, 4.69) is 20.6 Å². The van der Waals surface area contributed by atoms with Crippen LogP contribution >= 0.6 is 0 Å². The van der Waals surface area contributed by atoms with Gasteiger partial charge in [0.2, 0.25) is 11.8 Å². The average Bonchev–Trinajstić information content (AvgIpc) is 3.55. The Bertz CT molecular complexity index is 1670. The minimum absolute atomic E-state index is 0.0340. The van der Waals surface area contributed by atoms with E-state index in [1.165, 1.54) is 0 Å². The van der Waals surface area contributed by atoms with Crippen LogP contribution in [0.25, 0.3) is 33.3 Å². The van der Waals surface area contributed by atoms with Gasteiger partial charge in [-0.05, 0) is 35.9 Å². The van der Waals surface area contributed by atoms with Gasteiger partial charge in [0.25, 0.3) is 5.91 Å². The Balaban J connectivity index is 1.42. The molecule has 0 spiro atoms. The van der Waals surface area contributed by atoms with Gasteiger partial charge in [-0.15, -0.1) is 0 Å². The Kier molecular flexibility index (Phi) is 6.49. The largest absolute Gasteiger partial charge is 0.495 e. The van der Waals surface area contributed by atoms with Crippen LogP contribution in [0, 0.1) is 6.92 Å². The van der Waals surface area contributed by atoms with Gasteiger partial charge in [-0.2, -0.15) is 9.97 Å². The lowest BCUT2D eigenvalue weighted by Gasteiger charge is -2.23. The zero-order valence-electron chi connectivity index (χ0n) is 21.8. The third-order valence-electron chi connectivity index (χ3n) is 6.69. The lowest BCUT2D eigenvalue weighted by Crippen LogP contribution is -2.26. The molecule has 5 aromatic rings. The quantitative estimate of drug-likeness (QED) is 0.273. The van der Waals surface area contributed by atoms with Gasteiger partial charge in [-0.3, -0.25) is 4.79 Å². The molecule has 0 bridgehead atoms. The second kappa shape index (κ2) is 10.3. The summed E-state index contributed by atoms with van der Waals surface area (Å²) in [5.41, 5.74) is 5.03. The molecule has 1 aliphatic rings. The fourth-order valence-electron chi connectivity index (χ4n) is 4.73. The first kappa shape index (κ1) is 24.7. The van der Waals surface area contributed by atoms with Crippen LogP contribution in [0.4, 0.5) is 11.6 Å². The molecule has 1 aliphatic heterocycles. The van der Waals surface area contributed by atoms with E-state index in [4.69, 9.17) is 28.6 Å². The van der Waals surface area contributed by atoms with Gasteiger partial charge in [0, 0.05) is 44.1 Å². The lowest BCUT2D eigenvalue weighted by atomic mass is 10.1. The van der Waals surface area contributed by atoms with E-state index >= 15 is 0 Å². The normalized spacial score (nSPS) is 14.0. The molecule has 6 rings (SSSR count). The standard InChI is InChI=1S/C28H28N6O5/c1-15-31-21-6-4-16(12-23(21)38-15)19-14-30-25-24(19)27(39-18-8-10-37-11-9-18)34-28(33-25)32-20-7-5-17(26(35)29-2)13-22(20)36-3/h4-7,12-14,18H,8-11H2,1-3H3,(H,29,35)(H2,30,32,33,34). The van der Waals surface area contributed by atoms with E-state index in [9.17, 15) is 4.79 Å². The Labute approximate surface area is 223 Å². The third kappa shape index (κ3) is 4.84. The van der Waals surface area contributed by atoms with Crippen LogP contribution in [0.5, 0.6) is 11.6 Å². The first-order chi connectivity index (χ1) is 19.0. The number of carbonyl (C=O) groups is 1. The molecule has 11 heteroatoms. The lowest BCUT2D eigenvalue weighted by molar-refractivity contribution is 0.0244. The van der Waals surface area contributed by atoms with Gasteiger partial charge in [-0.25, -0.2) is 4.98 Å². The smallest absolute Gasteiger partial charge is 0.251 e. The molecule has 2 aromatic carbocycles. The number of H-pyrrole nitrogens is 1. The van der Waals surface area contributed by atoms with Gasteiger partial charge >= 0.3 is 0 Å². The van der Waals surface area contributed by atoms with Crippen molar-refractivity contribution in [2.75, 3.05) is 32.7 Å². The number of aryl methyl sites for hydroxylation is 1. The number of carbonyl (C=O) groups excluding carboxylic acids is 1. The zero-order chi connectivity index (χ0) is 26.9. The van der Waals surface area contributed by atoms with E-state index < -0.39 is 0 Å². The van der Waals surface area contributed by atoms with E-state index in [-0.39, 0.29) is 12.0 Å². The van der Waals surface area contributed by atoms with Crippen LogP contribution in [0.15, 0.2) is 47.0 Å². The average molecular weight is 529 g/mol. The highest BCUT2D eigenvalue weighted by Crippen LogP contribution is 2.37. The summed E-state index contributed by atoms with van der Waals surface area (Å²) in [6.45, 7) is 3.11. The fraction of sp³-hybridized carbons (Fsp3) is 0.286.